The van der Waals surface area contributed by atoms with E-state index in [1.165, 1.54) is 0 Å². The summed E-state index contributed by atoms with van der Waals surface area (Å²) < 4.78 is 0. The van der Waals surface area contributed by atoms with Gasteiger partial charge in [0.05, 0.1) is 5.69 Å². The summed E-state index contributed by atoms with van der Waals surface area (Å²) in [6.45, 7) is 8.30. The van der Waals surface area contributed by atoms with Crippen molar-refractivity contribution in [1.82, 2.24) is 10.2 Å². The van der Waals surface area contributed by atoms with Gasteiger partial charge in [0.15, 0.2) is 0 Å². The van der Waals surface area contributed by atoms with Crippen molar-refractivity contribution in [2.24, 2.45) is 5.92 Å². The Labute approximate surface area is 132 Å². The molecule has 22 heavy (non-hydrogen) atoms. The number of aromatic nitrogens is 2. The molecule has 4 heteroatoms. The van der Waals surface area contributed by atoms with Crippen molar-refractivity contribution in [2.45, 2.75) is 47.0 Å². The summed E-state index contributed by atoms with van der Waals surface area (Å²) in [5.74, 6) is 0.658. The Kier molecular flexibility index (Phi) is 5.36. The zero-order valence-electron chi connectivity index (χ0n) is 13.9. The highest BCUT2D eigenvalue weighted by Gasteiger charge is 2.14. The molecule has 4 nitrogen and oxygen atoms in total. The van der Waals surface area contributed by atoms with Gasteiger partial charge in [-0.05, 0) is 32.3 Å². The highest BCUT2D eigenvalue weighted by Crippen LogP contribution is 2.32. The van der Waals surface area contributed by atoms with Gasteiger partial charge in [0, 0.05) is 28.9 Å². The quantitative estimate of drug-likeness (QED) is 0.827. The van der Waals surface area contributed by atoms with E-state index >= 15 is 0 Å². The van der Waals surface area contributed by atoms with E-state index in [0.717, 1.165) is 41.0 Å². The summed E-state index contributed by atoms with van der Waals surface area (Å²) in [5, 5.41) is 10.3. The number of H-pyrrole nitrogens is 1. The van der Waals surface area contributed by atoms with Gasteiger partial charge in [-0.1, -0.05) is 38.5 Å². The first-order chi connectivity index (χ1) is 10.5. The number of para-hydroxylation sites is 1. The lowest BCUT2D eigenvalue weighted by Gasteiger charge is -2.12. The molecule has 1 atom stereocenters. The number of carbonyl (C=O) groups excluding carboxylic acids is 1. The maximum Gasteiger partial charge on any atom is 0.224 e. The van der Waals surface area contributed by atoms with Crippen LogP contribution in [0.15, 0.2) is 24.3 Å². The van der Waals surface area contributed by atoms with Gasteiger partial charge in [-0.3, -0.25) is 9.89 Å². The molecule has 1 aromatic heterocycles. The molecule has 0 aliphatic rings. The third-order valence-corrected chi connectivity index (χ3v) is 4.16. The summed E-state index contributed by atoms with van der Waals surface area (Å²) in [6, 6.07) is 7.89. The topological polar surface area (TPSA) is 57.8 Å². The molecular weight excluding hydrogens is 274 g/mol. The molecule has 1 unspecified atom stereocenters. The average Bonchev–Trinajstić information content (AvgIpc) is 2.84. The minimum atomic E-state index is 0.0755. The molecule has 1 amide bonds. The first-order valence-electron chi connectivity index (χ1n) is 7.93. The molecule has 118 valence electrons. The van der Waals surface area contributed by atoms with Crippen LogP contribution in [0.1, 0.15) is 44.5 Å². The zero-order valence-corrected chi connectivity index (χ0v) is 13.9. The fourth-order valence-corrected chi connectivity index (χ4v) is 2.55. The first kappa shape index (κ1) is 16.3. The summed E-state index contributed by atoms with van der Waals surface area (Å²) in [5.41, 5.74) is 4.89. The van der Waals surface area contributed by atoms with Gasteiger partial charge in [0.1, 0.15) is 0 Å². The van der Waals surface area contributed by atoms with Crippen molar-refractivity contribution in [3.63, 3.8) is 0 Å². The fraction of sp³-hybridized carbons (Fsp3) is 0.444. The molecule has 0 saturated heterocycles. The first-order valence-corrected chi connectivity index (χ1v) is 7.93. The Bertz CT molecular complexity index is 626. The molecule has 0 aliphatic heterocycles. The van der Waals surface area contributed by atoms with Crippen molar-refractivity contribution in [3.8, 4) is 11.1 Å². The van der Waals surface area contributed by atoms with Crippen molar-refractivity contribution in [3.05, 3.63) is 35.7 Å². The normalized spacial score (nSPS) is 12.2. The number of amides is 1. The van der Waals surface area contributed by atoms with E-state index in [-0.39, 0.29) is 5.91 Å². The second kappa shape index (κ2) is 7.25. The minimum absolute atomic E-state index is 0.0755. The largest absolute Gasteiger partial charge is 0.326 e. The molecule has 0 radical (unpaired) electrons. The molecule has 0 bridgehead atoms. The predicted molar refractivity (Wildman–Crippen MR) is 90.8 cm³/mol. The van der Waals surface area contributed by atoms with Crippen LogP contribution in [-0.2, 0) is 4.79 Å². The Morgan fingerprint density at radius 3 is 2.68 bits per heavy atom. The van der Waals surface area contributed by atoms with Crippen LogP contribution in [0.2, 0.25) is 0 Å². The van der Waals surface area contributed by atoms with Crippen LogP contribution in [0.3, 0.4) is 0 Å². The minimum Gasteiger partial charge on any atom is -0.326 e. The lowest BCUT2D eigenvalue weighted by molar-refractivity contribution is -0.116. The Balaban J connectivity index is 2.18. The van der Waals surface area contributed by atoms with Crippen LogP contribution >= 0.6 is 0 Å². The number of aromatic amines is 1. The number of aryl methyl sites for hydroxylation is 2. The summed E-state index contributed by atoms with van der Waals surface area (Å²) in [6.07, 6.45) is 2.60. The average molecular weight is 299 g/mol. The van der Waals surface area contributed by atoms with Crippen molar-refractivity contribution < 1.29 is 4.79 Å². The summed E-state index contributed by atoms with van der Waals surface area (Å²) in [4.78, 5) is 12.2. The van der Waals surface area contributed by atoms with Gasteiger partial charge < -0.3 is 5.32 Å². The van der Waals surface area contributed by atoms with Crippen LogP contribution in [-0.4, -0.2) is 16.1 Å². The SMILES string of the molecule is CCC(C)CCC(=O)Nc1ccccc1-c1c(C)n[nH]c1C. The molecule has 0 spiro atoms. The lowest BCUT2D eigenvalue weighted by atomic mass is 10.0. The molecule has 1 heterocycles. The predicted octanol–water partition coefficient (Wildman–Crippen LogP) is 4.46. The number of nitrogens with one attached hydrogen (secondary N) is 2. The maximum atomic E-state index is 12.2. The zero-order chi connectivity index (χ0) is 16.1. The molecule has 0 aliphatic carbocycles. The number of nitrogens with zero attached hydrogens (tertiary/aromatic N) is 1. The van der Waals surface area contributed by atoms with E-state index < -0.39 is 0 Å². The highest BCUT2D eigenvalue weighted by atomic mass is 16.1. The van der Waals surface area contributed by atoms with Gasteiger partial charge in [0.25, 0.3) is 0 Å². The highest BCUT2D eigenvalue weighted by molar-refractivity contribution is 5.96. The van der Waals surface area contributed by atoms with Gasteiger partial charge in [-0.25, -0.2) is 0 Å². The van der Waals surface area contributed by atoms with Crippen molar-refractivity contribution in [1.29, 1.82) is 0 Å². The summed E-state index contributed by atoms with van der Waals surface area (Å²) >= 11 is 0. The molecule has 0 saturated carbocycles. The summed E-state index contributed by atoms with van der Waals surface area (Å²) in [7, 11) is 0. The van der Waals surface area contributed by atoms with Gasteiger partial charge in [-0.15, -0.1) is 0 Å². The van der Waals surface area contributed by atoms with Crippen molar-refractivity contribution in [2.75, 3.05) is 5.32 Å². The van der Waals surface area contributed by atoms with Crippen LogP contribution in [0.4, 0.5) is 5.69 Å². The van der Waals surface area contributed by atoms with Gasteiger partial charge >= 0.3 is 0 Å². The molecule has 2 rings (SSSR count). The Morgan fingerprint density at radius 2 is 2.05 bits per heavy atom. The number of benzene rings is 1. The van der Waals surface area contributed by atoms with Crippen LogP contribution < -0.4 is 5.32 Å². The molecule has 1 aromatic carbocycles. The number of hydrogen-bond acceptors (Lipinski definition) is 2. The molecular formula is C18H25N3O. The van der Waals surface area contributed by atoms with E-state index in [1.54, 1.807) is 0 Å². The molecule has 2 aromatic rings. The molecule has 2 N–H and O–H groups in total. The fourth-order valence-electron chi connectivity index (χ4n) is 2.55. The second-order valence-electron chi connectivity index (χ2n) is 5.95. The van der Waals surface area contributed by atoms with Crippen molar-refractivity contribution >= 4 is 11.6 Å². The van der Waals surface area contributed by atoms with E-state index in [1.807, 2.05) is 38.1 Å². The van der Waals surface area contributed by atoms with Gasteiger partial charge in [0.2, 0.25) is 5.91 Å². The Hall–Kier alpha value is -2.10. The second-order valence-corrected chi connectivity index (χ2v) is 5.95. The third-order valence-electron chi connectivity index (χ3n) is 4.16. The standard InChI is InChI=1S/C18H25N3O/c1-5-12(2)10-11-17(22)19-16-9-7-6-8-15(16)18-13(3)20-21-14(18)4/h6-9,12H,5,10-11H2,1-4H3,(H,19,22)(H,20,21). The Morgan fingerprint density at radius 1 is 1.32 bits per heavy atom. The number of anilines is 1. The van der Waals surface area contributed by atoms with E-state index in [2.05, 4.69) is 29.4 Å². The van der Waals surface area contributed by atoms with Crippen LogP contribution in [0, 0.1) is 19.8 Å². The maximum absolute atomic E-state index is 12.2. The molecule has 0 fully saturated rings. The van der Waals surface area contributed by atoms with E-state index in [0.29, 0.717) is 12.3 Å². The van der Waals surface area contributed by atoms with Gasteiger partial charge in [-0.2, -0.15) is 5.10 Å². The van der Waals surface area contributed by atoms with E-state index in [9.17, 15) is 4.79 Å². The number of carbonyl (C=O) groups is 1. The smallest absolute Gasteiger partial charge is 0.224 e. The van der Waals surface area contributed by atoms with E-state index in [4.69, 9.17) is 0 Å². The number of rotatable bonds is 6. The third kappa shape index (κ3) is 3.75. The number of hydrogen-bond donors (Lipinski definition) is 2. The monoisotopic (exact) mass is 299 g/mol. The van der Waals surface area contributed by atoms with Crippen LogP contribution in [0.5, 0.6) is 0 Å². The lowest BCUT2D eigenvalue weighted by Crippen LogP contribution is -2.13. The van der Waals surface area contributed by atoms with Crippen LogP contribution in [0.25, 0.3) is 11.1 Å².